The maximum absolute atomic E-state index is 2.37. The van der Waals surface area contributed by atoms with Gasteiger partial charge in [-0.2, -0.15) is 0 Å². The van der Waals surface area contributed by atoms with Crippen LogP contribution in [-0.2, 0) is 6.54 Å². The Morgan fingerprint density at radius 3 is 1.89 bits per heavy atom. The van der Waals surface area contributed by atoms with Crippen LogP contribution in [0.25, 0.3) is 0 Å². The second-order valence-electron chi connectivity index (χ2n) is 5.52. The van der Waals surface area contributed by atoms with Gasteiger partial charge in [0.15, 0.2) is 0 Å². The lowest BCUT2D eigenvalue weighted by molar-refractivity contribution is 0.532. The summed E-state index contributed by atoms with van der Waals surface area (Å²) in [5, 5.41) is 0. The average Bonchev–Trinajstić information content (AvgIpc) is 2.77. The molecule has 0 radical (unpaired) electrons. The Balaban J connectivity index is 1.83. The molecule has 0 saturated carbocycles. The fourth-order valence-corrected chi connectivity index (χ4v) is 2.52. The minimum absolute atomic E-state index is 1.20. The molecule has 0 bridgehead atoms. The standard InChI is InChI=1S/C17H31N/c1-3-4-5-6-7-8-9-10-11-12-15-18-16-13-14-17(18)2/h13-14,16H,3-12,15H2,1-2H3. The average molecular weight is 249 g/mol. The summed E-state index contributed by atoms with van der Waals surface area (Å²) >= 11 is 0. The molecule has 0 aliphatic heterocycles. The van der Waals surface area contributed by atoms with Crippen molar-refractivity contribution in [2.45, 2.75) is 84.6 Å². The molecule has 18 heavy (non-hydrogen) atoms. The lowest BCUT2D eigenvalue weighted by Gasteiger charge is -2.06. The van der Waals surface area contributed by atoms with Crippen LogP contribution >= 0.6 is 0 Å². The first-order valence-electron chi connectivity index (χ1n) is 7.96. The Morgan fingerprint density at radius 2 is 1.39 bits per heavy atom. The highest BCUT2D eigenvalue weighted by atomic mass is 14.9. The van der Waals surface area contributed by atoms with Crippen LogP contribution in [0.3, 0.4) is 0 Å². The lowest BCUT2D eigenvalue weighted by Crippen LogP contribution is -1.97. The highest BCUT2D eigenvalue weighted by Gasteiger charge is 1.95. The van der Waals surface area contributed by atoms with Crippen molar-refractivity contribution in [3.63, 3.8) is 0 Å². The molecule has 0 aliphatic carbocycles. The SMILES string of the molecule is CCCCCCCCCCCCn1cccc1C. The number of unbranched alkanes of at least 4 members (excludes halogenated alkanes) is 9. The van der Waals surface area contributed by atoms with E-state index in [0.717, 1.165) is 0 Å². The minimum Gasteiger partial charge on any atom is -0.352 e. The molecule has 0 N–H and O–H groups in total. The Morgan fingerprint density at radius 1 is 0.833 bits per heavy atom. The predicted octanol–water partition coefficient (Wildman–Crippen LogP) is 5.72. The third-order valence-corrected chi connectivity index (χ3v) is 3.81. The van der Waals surface area contributed by atoms with Gasteiger partial charge in [-0.15, -0.1) is 0 Å². The van der Waals surface area contributed by atoms with Crippen LogP contribution in [0.15, 0.2) is 18.3 Å². The van der Waals surface area contributed by atoms with E-state index in [9.17, 15) is 0 Å². The first-order chi connectivity index (χ1) is 8.84. The highest BCUT2D eigenvalue weighted by Crippen LogP contribution is 2.11. The third-order valence-electron chi connectivity index (χ3n) is 3.81. The van der Waals surface area contributed by atoms with E-state index < -0.39 is 0 Å². The summed E-state index contributed by atoms with van der Waals surface area (Å²) in [5.41, 5.74) is 1.39. The van der Waals surface area contributed by atoms with E-state index in [0.29, 0.717) is 0 Å². The molecule has 0 aliphatic rings. The highest BCUT2D eigenvalue weighted by molar-refractivity contribution is 5.03. The zero-order valence-electron chi connectivity index (χ0n) is 12.5. The van der Waals surface area contributed by atoms with Gasteiger partial charge in [-0.25, -0.2) is 0 Å². The lowest BCUT2D eigenvalue weighted by atomic mass is 10.1. The minimum atomic E-state index is 1.20. The van der Waals surface area contributed by atoms with Gasteiger partial charge in [0.2, 0.25) is 0 Å². The largest absolute Gasteiger partial charge is 0.352 e. The molecule has 0 atom stereocenters. The molecular formula is C17H31N. The predicted molar refractivity (Wildman–Crippen MR) is 81.0 cm³/mol. The molecule has 1 rings (SSSR count). The molecular weight excluding hydrogens is 218 g/mol. The van der Waals surface area contributed by atoms with Crippen molar-refractivity contribution in [1.29, 1.82) is 0 Å². The summed E-state index contributed by atoms with van der Waals surface area (Å²) < 4.78 is 2.37. The molecule has 0 saturated heterocycles. The molecule has 0 amide bonds. The van der Waals surface area contributed by atoms with Gasteiger partial charge in [-0.05, 0) is 25.5 Å². The maximum atomic E-state index is 2.37. The van der Waals surface area contributed by atoms with Crippen molar-refractivity contribution in [1.82, 2.24) is 4.57 Å². The van der Waals surface area contributed by atoms with E-state index in [4.69, 9.17) is 0 Å². The summed E-state index contributed by atoms with van der Waals surface area (Å²) in [6, 6.07) is 4.34. The number of hydrogen-bond donors (Lipinski definition) is 0. The number of hydrogen-bond acceptors (Lipinski definition) is 0. The summed E-state index contributed by atoms with van der Waals surface area (Å²) in [5.74, 6) is 0. The normalized spacial score (nSPS) is 11.0. The molecule has 0 aromatic carbocycles. The van der Waals surface area contributed by atoms with E-state index in [1.54, 1.807) is 0 Å². The fraction of sp³-hybridized carbons (Fsp3) is 0.765. The fourth-order valence-electron chi connectivity index (χ4n) is 2.52. The molecule has 1 aromatic rings. The Labute approximate surface area is 114 Å². The van der Waals surface area contributed by atoms with Crippen LogP contribution < -0.4 is 0 Å². The molecule has 1 nitrogen and oxygen atoms in total. The summed E-state index contributed by atoms with van der Waals surface area (Å²) in [6.07, 6.45) is 16.4. The van der Waals surface area contributed by atoms with E-state index in [-0.39, 0.29) is 0 Å². The zero-order valence-corrected chi connectivity index (χ0v) is 12.5. The first-order valence-corrected chi connectivity index (χ1v) is 7.96. The number of rotatable bonds is 11. The van der Waals surface area contributed by atoms with Crippen molar-refractivity contribution >= 4 is 0 Å². The molecule has 0 unspecified atom stereocenters. The zero-order chi connectivity index (χ0) is 13.1. The maximum Gasteiger partial charge on any atom is 0.0222 e. The van der Waals surface area contributed by atoms with E-state index in [1.165, 1.54) is 76.4 Å². The van der Waals surface area contributed by atoms with Gasteiger partial charge in [-0.1, -0.05) is 64.7 Å². The van der Waals surface area contributed by atoms with Gasteiger partial charge in [0.25, 0.3) is 0 Å². The van der Waals surface area contributed by atoms with Gasteiger partial charge in [0.05, 0.1) is 0 Å². The summed E-state index contributed by atoms with van der Waals surface area (Å²) in [4.78, 5) is 0. The topological polar surface area (TPSA) is 4.93 Å². The molecule has 0 fully saturated rings. The van der Waals surface area contributed by atoms with Gasteiger partial charge < -0.3 is 4.57 Å². The van der Waals surface area contributed by atoms with Crippen molar-refractivity contribution in [2.75, 3.05) is 0 Å². The Hall–Kier alpha value is -0.720. The van der Waals surface area contributed by atoms with Crippen LogP contribution in [0.5, 0.6) is 0 Å². The first kappa shape index (κ1) is 15.3. The Kier molecular flexibility index (Phi) is 8.71. The van der Waals surface area contributed by atoms with Crippen molar-refractivity contribution in [3.8, 4) is 0 Å². The smallest absolute Gasteiger partial charge is 0.0222 e. The molecule has 1 aromatic heterocycles. The van der Waals surface area contributed by atoms with Crippen LogP contribution in [0, 0.1) is 6.92 Å². The molecule has 0 spiro atoms. The van der Waals surface area contributed by atoms with Gasteiger partial charge in [-0.3, -0.25) is 0 Å². The second kappa shape index (κ2) is 10.2. The third kappa shape index (κ3) is 6.88. The number of aromatic nitrogens is 1. The van der Waals surface area contributed by atoms with Crippen molar-refractivity contribution in [3.05, 3.63) is 24.0 Å². The van der Waals surface area contributed by atoms with Crippen LogP contribution in [0.2, 0.25) is 0 Å². The quantitative estimate of drug-likeness (QED) is 0.442. The van der Waals surface area contributed by atoms with Gasteiger partial charge >= 0.3 is 0 Å². The van der Waals surface area contributed by atoms with Crippen LogP contribution in [0.1, 0.15) is 76.8 Å². The Bertz CT molecular complexity index is 288. The van der Waals surface area contributed by atoms with Crippen LogP contribution in [-0.4, -0.2) is 4.57 Å². The molecule has 1 heterocycles. The van der Waals surface area contributed by atoms with E-state index in [1.807, 2.05) is 0 Å². The monoisotopic (exact) mass is 249 g/mol. The molecule has 1 heteroatoms. The van der Waals surface area contributed by atoms with Crippen molar-refractivity contribution in [2.24, 2.45) is 0 Å². The van der Waals surface area contributed by atoms with Gasteiger partial charge in [0.1, 0.15) is 0 Å². The summed E-state index contributed by atoms with van der Waals surface area (Å²) in [7, 11) is 0. The second-order valence-corrected chi connectivity index (χ2v) is 5.52. The number of aryl methyl sites for hydroxylation is 2. The van der Waals surface area contributed by atoms with Crippen LogP contribution in [0.4, 0.5) is 0 Å². The van der Waals surface area contributed by atoms with E-state index in [2.05, 4.69) is 36.7 Å². The molecule has 104 valence electrons. The number of nitrogens with zero attached hydrogens (tertiary/aromatic N) is 1. The van der Waals surface area contributed by atoms with E-state index >= 15 is 0 Å². The van der Waals surface area contributed by atoms with Crippen molar-refractivity contribution < 1.29 is 0 Å². The summed E-state index contributed by atoms with van der Waals surface area (Å²) in [6.45, 7) is 5.68. The van der Waals surface area contributed by atoms with Gasteiger partial charge in [0, 0.05) is 18.4 Å².